The van der Waals surface area contributed by atoms with Gasteiger partial charge in [0.25, 0.3) is 10.1 Å². The number of hydrogen-bond acceptors (Lipinski definition) is 3. The molecule has 0 aliphatic carbocycles. The van der Waals surface area contributed by atoms with E-state index in [0.29, 0.717) is 5.39 Å². The van der Waals surface area contributed by atoms with Gasteiger partial charge < -0.3 is 0 Å². The van der Waals surface area contributed by atoms with Gasteiger partial charge in [0.2, 0.25) is 0 Å². The third kappa shape index (κ3) is 3.60. The minimum absolute atomic E-state index is 0.0333. The standard InChI is InChI=1S/C23H21ClO3S/c1-23(2,3)14-27-28(25,26)22-20-13-19-11-16-7-5-4-6-15(16)10-18(19)12-17(20)8-9-21(22)24/h4-13H,14H2,1-3H3. The molecule has 0 fully saturated rings. The van der Waals surface area contributed by atoms with Crippen LogP contribution in [0.3, 0.4) is 0 Å². The Kier molecular flexibility index (Phi) is 4.61. The molecule has 0 aromatic heterocycles. The molecule has 0 atom stereocenters. The summed E-state index contributed by atoms with van der Waals surface area (Å²) >= 11 is 6.32. The quantitative estimate of drug-likeness (QED) is 0.283. The molecule has 144 valence electrons. The summed E-state index contributed by atoms with van der Waals surface area (Å²) in [5.74, 6) is 0. The molecule has 3 nitrogen and oxygen atoms in total. The van der Waals surface area contributed by atoms with E-state index in [1.54, 1.807) is 6.07 Å². The van der Waals surface area contributed by atoms with Crippen LogP contribution in [0.1, 0.15) is 20.8 Å². The molecule has 0 saturated heterocycles. The summed E-state index contributed by atoms with van der Waals surface area (Å²) in [7, 11) is -3.99. The van der Waals surface area contributed by atoms with E-state index < -0.39 is 10.1 Å². The topological polar surface area (TPSA) is 43.4 Å². The molecule has 0 N–H and O–H groups in total. The van der Waals surface area contributed by atoms with Crippen LogP contribution in [0.4, 0.5) is 0 Å². The van der Waals surface area contributed by atoms with Gasteiger partial charge in [-0.25, -0.2) is 0 Å². The molecule has 0 saturated carbocycles. The molecule has 4 aromatic rings. The Balaban J connectivity index is 1.96. The fraction of sp³-hybridized carbons (Fsp3) is 0.217. The molecule has 5 heteroatoms. The first-order valence-corrected chi connectivity index (χ1v) is 10.9. The molecule has 4 rings (SSSR count). The monoisotopic (exact) mass is 412 g/mol. The Hall–Kier alpha value is -2.14. The second-order valence-electron chi connectivity index (χ2n) is 8.27. The minimum Gasteiger partial charge on any atom is -0.266 e. The highest BCUT2D eigenvalue weighted by Gasteiger charge is 2.25. The number of rotatable bonds is 3. The number of halogens is 1. The lowest BCUT2D eigenvalue weighted by atomic mass is 9.99. The van der Waals surface area contributed by atoms with Gasteiger partial charge in [0.15, 0.2) is 0 Å². The number of benzene rings is 4. The molecular formula is C23H21ClO3S. The highest BCUT2D eigenvalue weighted by Crippen LogP contribution is 2.35. The van der Waals surface area contributed by atoms with E-state index >= 15 is 0 Å². The Bertz CT molecular complexity index is 1320. The van der Waals surface area contributed by atoms with Crippen LogP contribution in [0.5, 0.6) is 0 Å². The Labute approximate surface area is 170 Å². The van der Waals surface area contributed by atoms with Crippen LogP contribution in [-0.2, 0) is 14.3 Å². The summed E-state index contributed by atoms with van der Waals surface area (Å²) in [4.78, 5) is 0.0333. The lowest BCUT2D eigenvalue weighted by Crippen LogP contribution is -2.19. The smallest absolute Gasteiger partial charge is 0.266 e. The van der Waals surface area contributed by atoms with Crippen LogP contribution in [0.15, 0.2) is 65.6 Å². The molecule has 4 aromatic carbocycles. The van der Waals surface area contributed by atoms with Crippen molar-refractivity contribution in [1.82, 2.24) is 0 Å². The predicted molar refractivity (Wildman–Crippen MR) is 117 cm³/mol. The van der Waals surface area contributed by atoms with E-state index in [2.05, 4.69) is 18.2 Å². The van der Waals surface area contributed by atoms with Crippen LogP contribution in [0.2, 0.25) is 5.02 Å². The van der Waals surface area contributed by atoms with E-state index in [1.165, 1.54) is 0 Å². The van der Waals surface area contributed by atoms with Gasteiger partial charge in [-0.3, -0.25) is 4.18 Å². The summed E-state index contributed by atoms with van der Waals surface area (Å²) in [6, 6.07) is 19.6. The minimum atomic E-state index is -3.99. The van der Waals surface area contributed by atoms with Crippen molar-refractivity contribution in [2.24, 2.45) is 5.41 Å². The zero-order valence-corrected chi connectivity index (χ0v) is 17.6. The molecule has 0 aliphatic heterocycles. The van der Waals surface area contributed by atoms with Crippen molar-refractivity contribution in [2.45, 2.75) is 25.7 Å². The molecule has 0 amide bonds. The van der Waals surface area contributed by atoms with Crippen molar-refractivity contribution in [3.63, 3.8) is 0 Å². The van der Waals surface area contributed by atoms with Crippen LogP contribution >= 0.6 is 11.6 Å². The van der Waals surface area contributed by atoms with E-state index in [1.807, 2.05) is 57.2 Å². The van der Waals surface area contributed by atoms with Gasteiger partial charge >= 0.3 is 0 Å². The lowest BCUT2D eigenvalue weighted by Gasteiger charge is -2.19. The number of fused-ring (bicyclic) bond motifs is 3. The molecule has 0 unspecified atom stereocenters. The summed E-state index contributed by atoms with van der Waals surface area (Å²) < 4.78 is 31.2. The van der Waals surface area contributed by atoms with Crippen LogP contribution in [-0.4, -0.2) is 15.0 Å². The van der Waals surface area contributed by atoms with Crippen molar-refractivity contribution < 1.29 is 12.6 Å². The maximum absolute atomic E-state index is 13.0. The van der Waals surface area contributed by atoms with Gasteiger partial charge in [-0.2, -0.15) is 8.42 Å². The van der Waals surface area contributed by atoms with Gasteiger partial charge in [0, 0.05) is 5.39 Å². The van der Waals surface area contributed by atoms with E-state index in [-0.39, 0.29) is 21.9 Å². The normalized spacial score (nSPS) is 12.9. The fourth-order valence-corrected chi connectivity index (χ4v) is 5.11. The summed E-state index contributed by atoms with van der Waals surface area (Å²) in [6.45, 7) is 5.85. The highest BCUT2D eigenvalue weighted by molar-refractivity contribution is 7.87. The maximum atomic E-state index is 13.0. The van der Waals surface area contributed by atoms with Crippen LogP contribution < -0.4 is 0 Å². The third-order valence-electron chi connectivity index (χ3n) is 4.64. The molecule has 28 heavy (non-hydrogen) atoms. The van der Waals surface area contributed by atoms with Crippen molar-refractivity contribution >= 4 is 54.0 Å². The summed E-state index contributed by atoms with van der Waals surface area (Å²) in [5.41, 5.74) is -0.282. The Morgan fingerprint density at radius 1 is 0.821 bits per heavy atom. The van der Waals surface area contributed by atoms with Gasteiger partial charge in [-0.15, -0.1) is 0 Å². The molecule has 0 radical (unpaired) electrons. The molecular weight excluding hydrogens is 392 g/mol. The van der Waals surface area contributed by atoms with Crippen molar-refractivity contribution in [3.05, 3.63) is 65.7 Å². The first kappa shape index (κ1) is 19.2. The average molecular weight is 413 g/mol. The van der Waals surface area contributed by atoms with Crippen molar-refractivity contribution in [1.29, 1.82) is 0 Å². The van der Waals surface area contributed by atoms with Gasteiger partial charge in [-0.05, 0) is 62.7 Å². The van der Waals surface area contributed by atoms with E-state index in [0.717, 1.165) is 26.9 Å². The van der Waals surface area contributed by atoms with Crippen LogP contribution in [0, 0.1) is 5.41 Å². The predicted octanol–water partition coefficient (Wildman–Crippen LogP) is 6.55. The largest absolute Gasteiger partial charge is 0.299 e. The third-order valence-corrected chi connectivity index (χ3v) is 6.44. The zero-order valence-electron chi connectivity index (χ0n) is 16.0. The van der Waals surface area contributed by atoms with E-state index in [9.17, 15) is 8.42 Å². The van der Waals surface area contributed by atoms with Crippen molar-refractivity contribution in [2.75, 3.05) is 6.61 Å². The number of hydrogen-bond donors (Lipinski definition) is 0. The molecule has 0 heterocycles. The second-order valence-corrected chi connectivity index (χ2v) is 10.2. The Morgan fingerprint density at radius 3 is 2.00 bits per heavy atom. The zero-order chi connectivity index (χ0) is 20.1. The molecule has 0 aliphatic rings. The average Bonchev–Trinajstić information content (AvgIpc) is 2.62. The molecule has 0 spiro atoms. The van der Waals surface area contributed by atoms with Crippen molar-refractivity contribution in [3.8, 4) is 0 Å². The first-order valence-electron chi connectivity index (χ1n) is 9.08. The van der Waals surface area contributed by atoms with Gasteiger partial charge in [0.05, 0.1) is 11.6 Å². The fourth-order valence-electron chi connectivity index (χ4n) is 3.28. The van der Waals surface area contributed by atoms with E-state index in [4.69, 9.17) is 15.8 Å². The second kappa shape index (κ2) is 6.73. The maximum Gasteiger partial charge on any atom is 0.299 e. The van der Waals surface area contributed by atoms with Gasteiger partial charge in [-0.1, -0.05) is 62.7 Å². The Morgan fingerprint density at radius 2 is 1.39 bits per heavy atom. The highest BCUT2D eigenvalue weighted by atomic mass is 35.5. The SMILES string of the molecule is CC(C)(C)COS(=O)(=O)c1c(Cl)ccc2cc3cc4ccccc4cc3cc12. The first-order chi connectivity index (χ1) is 13.1. The molecule has 0 bridgehead atoms. The summed E-state index contributed by atoms with van der Waals surface area (Å²) in [6.07, 6.45) is 0. The van der Waals surface area contributed by atoms with Crippen LogP contribution in [0.25, 0.3) is 32.3 Å². The lowest BCUT2D eigenvalue weighted by molar-refractivity contribution is 0.203. The van der Waals surface area contributed by atoms with Gasteiger partial charge in [0.1, 0.15) is 4.90 Å². The summed E-state index contributed by atoms with van der Waals surface area (Å²) in [5, 5.41) is 5.80.